The maximum Gasteiger partial charge on any atom is 0.416 e. The minimum atomic E-state index is -4.43. The zero-order chi connectivity index (χ0) is 16.6. The molecule has 118 valence electrons. The van der Waals surface area contributed by atoms with Crippen molar-refractivity contribution in [3.63, 3.8) is 0 Å². The van der Waals surface area contributed by atoms with Gasteiger partial charge < -0.3 is 10.3 Å². The summed E-state index contributed by atoms with van der Waals surface area (Å²) in [4.78, 5) is 15.0. The van der Waals surface area contributed by atoms with Crippen molar-refractivity contribution in [2.45, 2.75) is 6.18 Å². The number of H-pyrrole nitrogens is 1. The van der Waals surface area contributed by atoms with Crippen molar-refractivity contribution in [3.05, 3.63) is 65.6 Å². The van der Waals surface area contributed by atoms with Crippen LogP contribution in [0.2, 0.25) is 0 Å². The van der Waals surface area contributed by atoms with Gasteiger partial charge in [0.15, 0.2) is 0 Å². The summed E-state index contributed by atoms with van der Waals surface area (Å²) in [6.45, 7) is 0. The lowest BCUT2D eigenvalue weighted by molar-refractivity contribution is -0.137. The Kier molecular flexibility index (Phi) is 3.55. The van der Waals surface area contributed by atoms with Crippen molar-refractivity contribution < 1.29 is 22.4 Å². The molecule has 0 unspecified atom stereocenters. The zero-order valence-corrected chi connectivity index (χ0v) is 11.5. The molecule has 0 aliphatic rings. The summed E-state index contributed by atoms with van der Waals surface area (Å²) >= 11 is 0. The number of carbonyl (C=O) groups excluding carboxylic acids is 1. The Morgan fingerprint density at radius 1 is 1.04 bits per heavy atom. The number of anilines is 1. The van der Waals surface area contributed by atoms with Crippen LogP contribution in [0.25, 0.3) is 10.9 Å². The molecule has 0 radical (unpaired) electrons. The highest BCUT2D eigenvalue weighted by atomic mass is 19.4. The van der Waals surface area contributed by atoms with Gasteiger partial charge in [-0.1, -0.05) is 0 Å². The van der Waals surface area contributed by atoms with E-state index in [0.29, 0.717) is 10.9 Å². The van der Waals surface area contributed by atoms with Crippen molar-refractivity contribution in [3.8, 4) is 0 Å². The van der Waals surface area contributed by atoms with E-state index >= 15 is 0 Å². The van der Waals surface area contributed by atoms with Crippen LogP contribution in [-0.2, 0) is 6.18 Å². The molecule has 0 saturated carbocycles. The lowest BCUT2D eigenvalue weighted by Gasteiger charge is -2.08. The number of alkyl halides is 3. The summed E-state index contributed by atoms with van der Waals surface area (Å²) in [5.41, 5.74) is 0.210. The van der Waals surface area contributed by atoms with Crippen LogP contribution in [0.4, 0.5) is 23.2 Å². The summed E-state index contributed by atoms with van der Waals surface area (Å²) in [5.74, 6) is -1.03. The molecule has 2 aromatic carbocycles. The van der Waals surface area contributed by atoms with Gasteiger partial charge >= 0.3 is 6.18 Å². The maximum absolute atomic E-state index is 13.3. The van der Waals surface area contributed by atoms with Crippen LogP contribution in [-0.4, -0.2) is 10.9 Å². The number of hydrogen-bond acceptors (Lipinski definition) is 1. The molecule has 0 fully saturated rings. The van der Waals surface area contributed by atoms with Gasteiger partial charge in [0.1, 0.15) is 5.82 Å². The second-order valence-electron chi connectivity index (χ2n) is 4.92. The van der Waals surface area contributed by atoms with Gasteiger partial charge in [0.25, 0.3) is 5.91 Å². The summed E-state index contributed by atoms with van der Waals surface area (Å²) in [7, 11) is 0. The normalized spacial score (nSPS) is 11.7. The molecule has 2 N–H and O–H groups in total. The van der Waals surface area contributed by atoms with Crippen molar-refractivity contribution in [1.82, 2.24) is 4.98 Å². The number of aromatic amines is 1. The van der Waals surface area contributed by atoms with Gasteiger partial charge in [-0.15, -0.1) is 0 Å². The smallest absolute Gasteiger partial charge is 0.360 e. The molecule has 0 aliphatic heterocycles. The predicted molar refractivity (Wildman–Crippen MR) is 77.7 cm³/mol. The van der Waals surface area contributed by atoms with Crippen molar-refractivity contribution in [1.29, 1.82) is 0 Å². The average Bonchev–Trinajstić information content (AvgIpc) is 2.90. The summed E-state index contributed by atoms with van der Waals surface area (Å²) < 4.78 is 50.8. The number of hydrogen-bond donors (Lipinski definition) is 2. The van der Waals surface area contributed by atoms with Gasteiger partial charge in [-0.25, -0.2) is 4.39 Å². The highest BCUT2D eigenvalue weighted by Crippen LogP contribution is 2.30. The van der Waals surface area contributed by atoms with Crippen molar-refractivity contribution in [2.75, 3.05) is 5.32 Å². The van der Waals surface area contributed by atoms with Gasteiger partial charge in [0, 0.05) is 22.8 Å². The Balaban J connectivity index is 1.85. The summed E-state index contributed by atoms with van der Waals surface area (Å²) in [5, 5.41) is 2.88. The molecule has 0 aliphatic carbocycles. The van der Waals surface area contributed by atoms with E-state index < -0.39 is 23.5 Å². The number of nitrogens with one attached hydrogen (secondary N) is 2. The molecule has 0 saturated heterocycles. The van der Waals surface area contributed by atoms with E-state index in [4.69, 9.17) is 0 Å². The van der Waals surface area contributed by atoms with Gasteiger partial charge in [0.05, 0.1) is 11.1 Å². The third kappa shape index (κ3) is 3.03. The van der Waals surface area contributed by atoms with E-state index in [1.54, 1.807) is 0 Å². The highest BCUT2D eigenvalue weighted by Gasteiger charge is 2.30. The molecule has 0 bridgehead atoms. The zero-order valence-electron chi connectivity index (χ0n) is 11.5. The predicted octanol–water partition coefficient (Wildman–Crippen LogP) is 4.58. The topological polar surface area (TPSA) is 44.9 Å². The monoisotopic (exact) mass is 322 g/mol. The maximum atomic E-state index is 13.3. The summed E-state index contributed by atoms with van der Waals surface area (Å²) in [6, 6.07) is 8.06. The fraction of sp³-hybridized carbons (Fsp3) is 0.0625. The molecular weight excluding hydrogens is 312 g/mol. The Morgan fingerprint density at radius 2 is 1.74 bits per heavy atom. The molecule has 3 aromatic rings. The number of aromatic nitrogens is 1. The van der Waals surface area contributed by atoms with Gasteiger partial charge in [-0.05, 0) is 42.5 Å². The van der Waals surface area contributed by atoms with Crippen LogP contribution < -0.4 is 5.32 Å². The van der Waals surface area contributed by atoms with Crippen molar-refractivity contribution in [2.24, 2.45) is 0 Å². The lowest BCUT2D eigenvalue weighted by atomic mass is 10.1. The molecular formula is C16H10F4N2O. The first-order valence-corrected chi connectivity index (χ1v) is 6.60. The molecule has 1 aromatic heterocycles. The lowest BCUT2D eigenvalue weighted by Crippen LogP contribution is -2.12. The van der Waals surface area contributed by atoms with Crippen LogP contribution in [0.5, 0.6) is 0 Å². The Labute approximate surface area is 127 Å². The Morgan fingerprint density at radius 3 is 2.39 bits per heavy atom. The number of halogens is 4. The quantitative estimate of drug-likeness (QED) is 0.667. The fourth-order valence-electron chi connectivity index (χ4n) is 2.22. The number of benzene rings is 2. The van der Waals surface area contributed by atoms with Crippen LogP contribution in [0.1, 0.15) is 15.9 Å². The molecule has 1 amide bonds. The average molecular weight is 322 g/mol. The molecule has 1 heterocycles. The standard InChI is InChI=1S/C16H10F4N2O/c17-10-3-6-14-12(7-10)13(8-21-14)15(23)22-11-4-1-9(2-5-11)16(18,19)20/h1-8,21H,(H,22,23). The third-order valence-electron chi connectivity index (χ3n) is 3.36. The molecule has 3 rings (SSSR count). The third-order valence-corrected chi connectivity index (χ3v) is 3.36. The van der Waals surface area contributed by atoms with Crippen LogP contribution >= 0.6 is 0 Å². The van der Waals surface area contributed by atoms with E-state index in [0.717, 1.165) is 24.3 Å². The molecule has 23 heavy (non-hydrogen) atoms. The van der Waals surface area contributed by atoms with E-state index in [1.165, 1.54) is 24.4 Å². The molecule has 7 heteroatoms. The van der Waals surface area contributed by atoms with E-state index in [-0.39, 0.29) is 11.3 Å². The second-order valence-corrected chi connectivity index (χ2v) is 4.92. The Bertz CT molecular complexity index is 866. The number of rotatable bonds is 2. The molecule has 0 atom stereocenters. The first-order chi connectivity index (χ1) is 10.8. The minimum Gasteiger partial charge on any atom is -0.360 e. The van der Waals surface area contributed by atoms with E-state index in [1.807, 2.05) is 0 Å². The number of fused-ring (bicyclic) bond motifs is 1. The number of amides is 1. The second kappa shape index (κ2) is 5.42. The number of carbonyl (C=O) groups is 1. The largest absolute Gasteiger partial charge is 0.416 e. The summed E-state index contributed by atoms with van der Waals surface area (Å²) in [6.07, 6.45) is -3.01. The Hall–Kier alpha value is -2.83. The minimum absolute atomic E-state index is 0.208. The SMILES string of the molecule is O=C(Nc1ccc(C(F)(F)F)cc1)c1c[nH]c2ccc(F)cc12. The van der Waals surface area contributed by atoms with Gasteiger partial charge in [-0.3, -0.25) is 4.79 Å². The van der Waals surface area contributed by atoms with Gasteiger partial charge in [-0.2, -0.15) is 13.2 Å². The van der Waals surface area contributed by atoms with Crippen LogP contribution in [0.3, 0.4) is 0 Å². The molecule has 0 spiro atoms. The van der Waals surface area contributed by atoms with Crippen LogP contribution in [0, 0.1) is 5.82 Å². The molecule has 3 nitrogen and oxygen atoms in total. The van der Waals surface area contributed by atoms with E-state index in [9.17, 15) is 22.4 Å². The van der Waals surface area contributed by atoms with E-state index in [2.05, 4.69) is 10.3 Å². The fourth-order valence-corrected chi connectivity index (χ4v) is 2.22. The van der Waals surface area contributed by atoms with Gasteiger partial charge in [0.2, 0.25) is 0 Å². The van der Waals surface area contributed by atoms with Crippen molar-refractivity contribution >= 4 is 22.5 Å². The van der Waals surface area contributed by atoms with Crippen LogP contribution in [0.15, 0.2) is 48.7 Å². The highest BCUT2D eigenvalue weighted by molar-refractivity contribution is 6.12. The first-order valence-electron chi connectivity index (χ1n) is 6.60. The first kappa shape index (κ1) is 15.1.